The summed E-state index contributed by atoms with van der Waals surface area (Å²) in [5.41, 5.74) is -0.544. The van der Waals surface area contributed by atoms with E-state index in [9.17, 15) is 21.6 Å². The number of rotatable bonds is 7. The van der Waals surface area contributed by atoms with E-state index in [1.807, 2.05) is 0 Å². The van der Waals surface area contributed by atoms with E-state index < -0.39 is 36.6 Å². The third-order valence-electron chi connectivity index (χ3n) is 2.14. The third kappa shape index (κ3) is 4.26. The molecule has 1 aromatic rings. The topological polar surface area (TPSA) is 158 Å². The van der Waals surface area contributed by atoms with E-state index in [1.165, 1.54) is 6.92 Å². The van der Waals surface area contributed by atoms with Gasteiger partial charge in [0.2, 0.25) is 20.0 Å². The van der Waals surface area contributed by atoms with Crippen molar-refractivity contribution >= 4 is 26.0 Å². The van der Waals surface area contributed by atoms with Gasteiger partial charge in [-0.3, -0.25) is 5.10 Å². The SMILES string of the molecule is Cc1[nH]nc(C(=O)O)c1S(=O)(=O)NCCNS(C)(=O)=O. The smallest absolute Gasteiger partial charge is 0.357 e. The van der Waals surface area contributed by atoms with Crippen molar-refractivity contribution in [1.29, 1.82) is 0 Å². The Morgan fingerprint density at radius 3 is 2.30 bits per heavy atom. The normalized spacial score (nSPS) is 12.5. The number of aromatic carboxylic acids is 1. The van der Waals surface area contributed by atoms with E-state index in [2.05, 4.69) is 19.6 Å². The van der Waals surface area contributed by atoms with Gasteiger partial charge in [0.05, 0.1) is 11.9 Å². The molecule has 0 radical (unpaired) electrons. The van der Waals surface area contributed by atoms with Crippen LogP contribution in [0.2, 0.25) is 0 Å². The highest BCUT2D eigenvalue weighted by atomic mass is 32.2. The van der Waals surface area contributed by atoms with E-state index in [4.69, 9.17) is 5.11 Å². The number of carboxylic acid groups (broad SMARTS) is 1. The second kappa shape index (κ2) is 5.87. The van der Waals surface area contributed by atoms with Crippen molar-refractivity contribution in [2.75, 3.05) is 19.3 Å². The van der Waals surface area contributed by atoms with Crippen LogP contribution in [-0.4, -0.2) is 57.5 Å². The average Bonchev–Trinajstić information content (AvgIpc) is 2.66. The molecule has 0 aromatic carbocycles. The van der Waals surface area contributed by atoms with Crippen molar-refractivity contribution in [3.63, 3.8) is 0 Å². The summed E-state index contributed by atoms with van der Waals surface area (Å²) in [5.74, 6) is -1.48. The van der Waals surface area contributed by atoms with Crippen LogP contribution >= 0.6 is 0 Å². The second-order valence-electron chi connectivity index (χ2n) is 3.90. The number of H-pyrrole nitrogens is 1. The molecule has 0 amide bonds. The minimum Gasteiger partial charge on any atom is -0.476 e. The molecule has 1 rings (SSSR count). The molecule has 0 fully saturated rings. The molecule has 1 aromatic heterocycles. The van der Waals surface area contributed by atoms with E-state index >= 15 is 0 Å². The lowest BCUT2D eigenvalue weighted by Gasteiger charge is -2.07. The van der Waals surface area contributed by atoms with Crippen LogP contribution in [0.4, 0.5) is 0 Å². The van der Waals surface area contributed by atoms with Crippen molar-refractivity contribution in [3.05, 3.63) is 11.4 Å². The van der Waals surface area contributed by atoms with Crippen molar-refractivity contribution in [2.45, 2.75) is 11.8 Å². The first-order valence-corrected chi connectivity index (χ1v) is 8.64. The molecule has 0 saturated carbocycles. The Balaban J connectivity index is 2.85. The molecule has 20 heavy (non-hydrogen) atoms. The summed E-state index contributed by atoms with van der Waals surface area (Å²) in [7, 11) is -7.52. The van der Waals surface area contributed by atoms with Gasteiger partial charge in [-0.05, 0) is 6.92 Å². The third-order valence-corrected chi connectivity index (χ3v) is 4.49. The van der Waals surface area contributed by atoms with Gasteiger partial charge in [0.1, 0.15) is 4.90 Å². The maximum atomic E-state index is 12.0. The Morgan fingerprint density at radius 1 is 1.25 bits per heavy atom. The molecule has 0 saturated heterocycles. The molecule has 114 valence electrons. The molecule has 12 heteroatoms. The lowest BCUT2D eigenvalue weighted by atomic mass is 10.4. The number of hydrogen-bond donors (Lipinski definition) is 4. The van der Waals surface area contributed by atoms with Gasteiger partial charge in [0, 0.05) is 13.1 Å². The zero-order valence-corrected chi connectivity index (χ0v) is 12.3. The number of nitrogens with one attached hydrogen (secondary N) is 3. The molecule has 10 nitrogen and oxygen atoms in total. The van der Waals surface area contributed by atoms with Gasteiger partial charge >= 0.3 is 5.97 Å². The summed E-state index contributed by atoms with van der Waals surface area (Å²) in [6, 6.07) is 0. The monoisotopic (exact) mass is 326 g/mol. The molecular formula is C8H14N4O6S2. The minimum absolute atomic E-state index is 0.0750. The first-order valence-electron chi connectivity index (χ1n) is 5.27. The Morgan fingerprint density at radius 2 is 1.80 bits per heavy atom. The second-order valence-corrected chi connectivity index (χ2v) is 7.43. The summed E-state index contributed by atoms with van der Waals surface area (Å²) < 4.78 is 49.7. The van der Waals surface area contributed by atoms with Gasteiger partial charge in [-0.15, -0.1) is 0 Å². The molecule has 0 aliphatic heterocycles. The molecular weight excluding hydrogens is 312 g/mol. The van der Waals surface area contributed by atoms with Gasteiger partial charge in [0.15, 0.2) is 5.69 Å². The van der Waals surface area contributed by atoms with Crippen molar-refractivity contribution in [3.8, 4) is 0 Å². The van der Waals surface area contributed by atoms with Crippen LogP contribution in [0.15, 0.2) is 4.90 Å². The van der Waals surface area contributed by atoms with Crippen molar-refractivity contribution < 1.29 is 26.7 Å². The number of aryl methyl sites for hydroxylation is 1. The molecule has 0 unspecified atom stereocenters. The molecule has 0 bridgehead atoms. The predicted octanol–water partition coefficient (Wildman–Crippen LogP) is -1.76. The van der Waals surface area contributed by atoms with Gasteiger partial charge in [-0.25, -0.2) is 31.1 Å². The number of carbonyl (C=O) groups is 1. The summed E-state index contributed by atoms with van der Waals surface area (Å²) in [4.78, 5) is 10.4. The van der Waals surface area contributed by atoms with Crippen LogP contribution in [0.5, 0.6) is 0 Å². The van der Waals surface area contributed by atoms with Gasteiger partial charge in [0.25, 0.3) is 0 Å². The van der Waals surface area contributed by atoms with Crippen LogP contribution in [0.1, 0.15) is 16.2 Å². The van der Waals surface area contributed by atoms with Crippen molar-refractivity contribution in [1.82, 2.24) is 19.6 Å². The summed E-state index contributed by atoms with van der Waals surface area (Å²) in [6.45, 7) is 0.985. The summed E-state index contributed by atoms with van der Waals surface area (Å²) in [5, 5.41) is 14.5. The maximum Gasteiger partial charge on any atom is 0.357 e. The van der Waals surface area contributed by atoms with E-state index in [1.54, 1.807) is 0 Å². The number of sulfonamides is 2. The fourth-order valence-corrected chi connectivity index (χ4v) is 3.21. The van der Waals surface area contributed by atoms with Crippen LogP contribution in [-0.2, 0) is 20.0 Å². The first kappa shape index (κ1) is 16.6. The van der Waals surface area contributed by atoms with E-state index in [0.717, 1.165) is 6.26 Å². The predicted molar refractivity (Wildman–Crippen MR) is 68.3 cm³/mol. The fourth-order valence-electron chi connectivity index (χ4n) is 1.39. The lowest BCUT2D eigenvalue weighted by molar-refractivity contribution is 0.0686. The first-order chi connectivity index (χ1) is 9.04. The van der Waals surface area contributed by atoms with Crippen molar-refractivity contribution in [2.24, 2.45) is 0 Å². The van der Waals surface area contributed by atoms with Gasteiger partial charge in [-0.2, -0.15) is 5.10 Å². The standard InChI is InChI=1S/C8H14N4O6S2/c1-5-7(6(8(13)14)12-11-5)20(17,18)10-4-3-9-19(2,15)16/h9-10H,3-4H2,1-2H3,(H,11,12)(H,13,14). The lowest BCUT2D eigenvalue weighted by Crippen LogP contribution is -2.34. The molecule has 0 aliphatic carbocycles. The largest absolute Gasteiger partial charge is 0.476 e. The number of carboxylic acids is 1. The van der Waals surface area contributed by atoms with Gasteiger partial charge in [-0.1, -0.05) is 0 Å². The van der Waals surface area contributed by atoms with Crippen LogP contribution < -0.4 is 9.44 Å². The molecule has 1 heterocycles. The number of hydrogen-bond acceptors (Lipinski definition) is 6. The molecule has 0 atom stereocenters. The Hall–Kier alpha value is -1.50. The van der Waals surface area contributed by atoms with E-state index in [0.29, 0.717) is 0 Å². The average molecular weight is 326 g/mol. The zero-order chi connectivity index (χ0) is 15.6. The molecule has 0 spiro atoms. The highest BCUT2D eigenvalue weighted by Gasteiger charge is 2.27. The molecule has 0 aliphatic rings. The van der Waals surface area contributed by atoms with Crippen LogP contribution in [0.3, 0.4) is 0 Å². The van der Waals surface area contributed by atoms with Gasteiger partial charge < -0.3 is 5.11 Å². The zero-order valence-electron chi connectivity index (χ0n) is 10.7. The highest BCUT2D eigenvalue weighted by Crippen LogP contribution is 2.16. The highest BCUT2D eigenvalue weighted by molar-refractivity contribution is 7.89. The number of aromatic amines is 1. The Labute approximate surface area is 115 Å². The van der Waals surface area contributed by atoms with Crippen LogP contribution in [0.25, 0.3) is 0 Å². The quantitative estimate of drug-likeness (QED) is 0.432. The number of nitrogens with zero attached hydrogens (tertiary/aromatic N) is 1. The van der Waals surface area contributed by atoms with Crippen LogP contribution in [0, 0.1) is 6.92 Å². The Kier molecular flexibility index (Phi) is 4.86. The number of aromatic nitrogens is 2. The van der Waals surface area contributed by atoms with E-state index in [-0.39, 0.29) is 18.8 Å². The molecule has 4 N–H and O–H groups in total. The fraction of sp³-hybridized carbons (Fsp3) is 0.500. The maximum absolute atomic E-state index is 12.0. The Bertz CT molecular complexity index is 705. The summed E-state index contributed by atoms with van der Waals surface area (Å²) in [6.07, 6.45) is 0.935. The summed E-state index contributed by atoms with van der Waals surface area (Å²) >= 11 is 0. The minimum atomic E-state index is -4.10.